The summed E-state index contributed by atoms with van der Waals surface area (Å²) in [4.78, 5) is 22.2. The number of Topliss-reactive ketones (excluding diaryl/α,β-unsaturated/α-hetero) is 1. The molecule has 0 saturated heterocycles. The average Bonchev–Trinajstić information content (AvgIpc) is 2.11. The number of carbonyl (C=O) groups excluding carboxylic acids is 1. The molecule has 4 N–H and O–H groups in total. The van der Waals surface area contributed by atoms with Gasteiger partial charge in [0.2, 0.25) is 0 Å². The van der Waals surface area contributed by atoms with Crippen LogP contribution in [0.3, 0.4) is 0 Å². The maximum atomic E-state index is 11.3. The van der Waals surface area contributed by atoms with Gasteiger partial charge in [0, 0.05) is 0 Å². The molecule has 0 radical (unpaired) electrons. The van der Waals surface area contributed by atoms with Crippen molar-refractivity contribution in [3.8, 4) is 0 Å². The Morgan fingerprint density at radius 2 is 2.00 bits per heavy atom. The molecule has 14 heavy (non-hydrogen) atoms. The van der Waals surface area contributed by atoms with Gasteiger partial charge in [-0.1, -0.05) is 0 Å². The van der Waals surface area contributed by atoms with Crippen LogP contribution in [0.25, 0.3) is 0 Å². The highest BCUT2D eigenvalue weighted by molar-refractivity contribution is 6.06. The van der Waals surface area contributed by atoms with Gasteiger partial charge < -0.3 is 10.8 Å². The van der Waals surface area contributed by atoms with Crippen LogP contribution < -0.4 is 11.1 Å². The lowest BCUT2D eigenvalue weighted by Gasteiger charge is -2.25. The average molecular weight is 202 g/mol. The number of carbonyl (C=O) groups is 2. The minimum absolute atomic E-state index is 0.283. The van der Waals surface area contributed by atoms with Crippen molar-refractivity contribution in [3.63, 3.8) is 0 Å². The van der Waals surface area contributed by atoms with E-state index >= 15 is 0 Å². The van der Waals surface area contributed by atoms with Crippen molar-refractivity contribution in [1.29, 1.82) is 0 Å². The fraction of sp³-hybridized carbons (Fsp3) is 0.778. The van der Waals surface area contributed by atoms with E-state index in [0.717, 1.165) is 6.42 Å². The molecular formula is C9H18N2O3. The molecule has 0 rings (SSSR count). The third-order valence-corrected chi connectivity index (χ3v) is 2.40. The molecular weight excluding hydrogens is 184 g/mol. The lowest BCUT2D eigenvalue weighted by atomic mass is 9.89. The summed E-state index contributed by atoms with van der Waals surface area (Å²) in [5, 5.41) is 11.6. The van der Waals surface area contributed by atoms with E-state index in [9.17, 15) is 9.59 Å². The van der Waals surface area contributed by atoms with Crippen molar-refractivity contribution in [2.45, 2.75) is 31.7 Å². The number of ketones is 1. The standard InChI is InChI=1S/C9H18N2O3/c1-7(12)9(11-2,8(13)14)5-3-4-6-10/h11H,3-6,10H2,1-2H3,(H,13,14)/t9-/m1/s1. The highest BCUT2D eigenvalue weighted by Crippen LogP contribution is 2.15. The van der Waals surface area contributed by atoms with Gasteiger partial charge in [-0.2, -0.15) is 0 Å². The van der Waals surface area contributed by atoms with Crippen LogP contribution in [0.1, 0.15) is 26.2 Å². The zero-order valence-corrected chi connectivity index (χ0v) is 8.67. The van der Waals surface area contributed by atoms with Crippen LogP contribution in [-0.4, -0.2) is 36.0 Å². The predicted octanol–water partition coefficient (Wildman–Crippen LogP) is -0.253. The number of nitrogens with one attached hydrogen (secondary N) is 1. The second-order valence-electron chi connectivity index (χ2n) is 3.26. The van der Waals surface area contributed by atoms with Gasteiger partial charge in [0.25, 0.3) is 0 Å². The number of likely N-dealkylation sites (N-methyl/N-ethyl adjacent to an activating group) is 1. The molecule has 0 heterocycles. The van der Waals surface area contributed by atoms with Crippen LogP contribution in [0.15, 0.2) is 0 Å². The molecule has 82 valence electrons. The lowest BCUT2D eigenvalue weighted by molar-refractivity contribution is -0.149. The third-order valence-electron chi connectivity index (χ3n) is 2.40. The fourth-order valence-electron chi connectivity index (χ4n) is 1.38. The molecule has 0 saturated carbocycles. The summed E-state index contributed by atoms with van der Waals surface area (Å²) < 4.78 is 0. The Bertz CT molecular complexity index is 202. The van der Waals surface area contributed by atoms with Gasteiger partial charge in [-0.3, -0.25) is 10.1 Å². The largest absolute Gasteiger partial charge is 0.480 e. The highest BCUT2D eigenvalue weighted by atomic mass is 16.4. The molecule has 0 aliphatic carbocycles. The number of hydrogen-bond acceptors (Lipinski definition) is 4. The first-order chi connectivity index (χ1) is 6.51. The van der Waals surface area contributed by atoms with Crippen LogP contribution in [-0.2, 0) is 9.59 Å². The normalized spacial score (nSPS) is 14.8. The molecule has 0 aliphatic heterocycles. The van der Waals surface area contributed by atoms with Crippen molar-refractivity contribution in [2.75, 3.05) is 13.6 Å². The summed E-state index contributed by atoms with van der Waals surface area (Å²) >= 11 is 0. The molecule has 0 bridgehead atoms. The van der Waals surface area contributed by atoms with Gasteiger partial charge >= 0.3 is 5.97 Å². The zero-order chi connectivity index (χ0) is 11.2. The van der Waals surface area contributed by atoms with Gasteiger partial charge in [-0.05, 0) is 39.8 Å². The number of rotatable bonds is 7. The van der Waals surface area contributed by atoms with Crippen LogP contribution in [0.2, 0.25) is 0 Å². The Kier molecular flexibility index (Phi) is 5.34. The van der Waals surface area contributed by atoms with Gasteiger partial charge in [0.1, 0.15) is 0 Å². The van der Waals surface area contributed by atoms with E-state index in [-0.39, 0.29) is 12.2 Å². The van der Waals surface area contributed by atoms with E-state index in [1.807, 2.05) is 0 Å². The fourth-order valence-corrected chi connectivity index (χ4v) is 1.38. The Hall–Kier alpha value is -0.940. The Morgan fingerprint density at radius 3 is 2.29 bits per heavy atom. The quantitative estimate of drug-likeness (QED) is 0.391. The van der Waals surface area contributed by atoms with E-state index in [0.29, 0.717) is 13.0 Å². The first-order valence-corrected chi connectivity index (χ1v) is 4.64. The van der Waals surface area contributed by atoms with Crippen LogP contribution >= 0.6 is 0 Å². The molecule has 0 aliphatic rings. The van der Waals surface area contributed by atoms with Crippen LogP contribution in [0.5, 0.6) is 0 Å². The number of nitrogens with two attached hydrogens (primary N) is 1. The zero-order valence-electron chi connectivity index (χ0n) is 8.67. The lowest BCUT2D eigenvalue weighted by Crippen LogP contribution is -2.55. The Morgan fingerprint density at radius 1 is 1.43 bits per heavy atom. The maximum absolute atomic E-state index is 11.3. The van der Waals surface area contributed by atoms with Crippen LogP contribution in [0, 0.1) is 0 Å². The van der Waals surface area contributed by atoms with Crippen molar-refractivity contribution in [1.82, 2.24) is 5.32 Å². The molecule has 0 amide bonds. The van der Waals surface area contributed by atoms with E-state index in [4.69, 9.17) is 10.8 Å². The summed E-state index contributed by atoms with van der Waals surface area (Å²) in [5.41, 5.74) is 3.86. The second kappa shape index (κ2) is 5.72. The molecule has 5 heteroatoms. The predicted molar refractivity (Wildman–Crippen MR) is 53.0 cm³/mol. The van der Waals surface area contributed by atoms with E-state index in [2.05, 4.69) is 5.32 Å². The first-order valence-electron chi connectivity index (χ1n) is 4.64. The van der Waals surface area contributed by atoms with Crippen molar-refractivity contribution in [2.24, 2.45) is 5.73 Å². The monoisotopic (exact) mass is 202 g/mol. The second-order valence-corrected chi connectivity index (χ2v) is 3.26. The van der Waals surface area contributed by atoms with Gasteiger partial charge in [-0.15, -0.1) is 0 Å². The third kappa shape index (κ3) is 2.78. The summed E-state index contributed by atoms with van der Waals surface area (Å²) in [5.74, 6) is -1.49. The smallest absolute Gasteiger partial charge is 0.331 e. The van der Waals surface area contributed by atoms with Crippen LogP contribution in [0.4, 0.5) is 0 Å². The number of unbranched alkanes of at least 4 members (excludes halogenated alkanes) is 1. The van der Waals surface area contributed by atoms with Crippen molar-refractivity contribution in [3.05, 3.63) is 0 Å². The molecule has 0 unspecified atom stereocenters. The van der Waals surface area contributed by atoms with E-state index in [1.165, 1.54) is 14.0 Å². The van der Waals surface area contributed by atoms with E-state index in [1.54, 1.807) is 0 Å². The van der Waals surface area contributed by atoms with Gasteiger partial charge in [-0.25, -0.2) is 4.79 Å². The topological polar surface area (TPSA) is 92.4 Å². The molecule has 1 atom stereocenters. The number of carboxylic acid groups (broad SMARTS) is 1. The maximum Gasteiger partial charge on any atom is 0.331 e. The summed E-state index contributed by atoms with van der Waals surface area (Å²) in [6.07, 6.45) is 1.64. The van der Waals surface area contributed by atoms with Crippen molar-refractivity contribution < 1.29 is 14.7 Å². The Labute approximate surface area is 83.7 Å². The Balaban J connectivity index is 4.52. The summed E-state index contributed by atoms with van der Waals surface area (Å²) in [6, 6.07) is 0. The highest BCUT2D eigenvalue weighted by Gasteiger charge is 2.41. The first kappa shape index (κ1) is 13.1. The minimum atomic E-state index is -1.44. The molecule has 5 nitrogen and oxygen atoms in total. The molecule has 0 aromatic rings. The molecule has 0 fully saturated rings. The molecule has 0 aromatic heterocycles. The van der Waals surface area contributed by atoms with Gasteiger partial charge in [0.15, 0.2) is 11.3 Å². The minimum Gasteiger partial charge on any atom is -0.480 e. The number of carboxylic acids is 1. The molecule has 0 aromatic carbocycles. The summed E-state index contributed by atoms with van der Waals surface area (Å²) in [6.45, 7) is 1.80. The number of hydrogen-bond donors (Lipinski definition) is 3. The van der Waals surface area contributed by atoms with E-state index < -0.39 is 11.5 Å². The SMILES string of the molecule is CN[C@](CCCCN)(C(C)=O)C(=O)O. The molecule has 0 spiro atoms. The van der Waals surface area contributed by atoms with Gasteiger partial charge in [0.05, 0.1) is 0 Å². The summed E-state index contributed by atoms with van der Waals surface area (Å²) in [7, 11) is 1.48. The number of aliphatic carboxylic acids is 1. The van der Waals surface area contributed by atoms with Crippen molar-refractivity contribution >= 4 is 11.8 Å².